The quantitative estimate of drug-likeness (QED) is 0.654. The number of hydrogen-bond acceptors (Lipinski definition) is 2. The van der Waals surface area contributed by atoms with Gasteiger partial charge in [0, 0.05) is 25.4 Å². The molecule has 2 N–H and O–H groups in total. The third kappa shape index (κ3) is 2.17. The summed E-state index contributed by atoms with van der Waals surface area (Å²) in [5, 5.41) is 0. The second-order valence-corrected chi connectivity index (χ2v) is 3.76. The summed E-state index contributed by atoms with van der Waals surface area (Å²) in [5.41, 5.74) is 5.34. The van der Waals surface area contributed by atoms with Crippen LogP contribution in [0, 0.1) is 5.92 Å². The summed E-state index contributed by atoms with van der Waals surface area (Å²) in [7, 11) is 0. The minimum atomic E-state index is 0.191. The lowest BCUT2D eigenvalue weighted by atomic mass is 10.1. The van der Waals surface area contributed by atoms with E-state index < -0.39 is 0 Å². The second kappa shape index (κ2) is 3.85. The number of carbonyl (C=O) groups is 1. The maximum atomic E-state index is 11.4. The van der Waals surface area contributed by atoms with E-state index in [1.54, 1.807) is 0 Å². The molecule has 0 radical (unpaired) electrons. The Morgan fingerprint density at radius 1 is 1.83 bits per heavy atom. The van der Waals surface area contributed by atoms with E-state index in [2.05, 4.69) is 0 Å². The highest BCUT2D eigenvalue weighted by Crippen LogP contribution is 2.16. The summed E-state index contributed by atoms with van der Waals surface area (Å²) in [5.74, 6) is 0.433. The number of amides is 1. The lowest BCUT2D eigenvalue weighted by molar-refractivity contribution is -0.130. The molecule has 1 aliphatic rings. The van der Waals surface area contributed by atoms with Gasteiger partial charge in [-0.1, -0.05) is 19.1 Å². The zero-order chi connectivity index (χ0) is 9.14. The van der Waals surface area contributed by atoms with Gasteiger partial charge in [0.1, 0.15) is 0 Å². The minimum Gasteiger partial charge on any atom is -0.393 e. The Morgan fingerprint density at radius 3 is 2.92 bits per heavy atom. The second-order valence-electron chi connectivity index (χ2n) is 3.23. The molecule has 68 valence electrons. The molecule has 1 fully saturated rings. The monoisotopic (exact) mass is 186 g/mol. The van der Waals surface area contributed by atoms with Crippen molar-refractivity contribution in [2.75, 3.05) is 13.1 Å². The summed E-state index contributed by atoms with van der Waals surface area (Å²) in [6.07, 6.45) is 1.62. The topological polar surface area (TPSA) is 46.3 Å². The first-order valence-electron chi connectivity index (χ1n) is 4.18. The molecule has 0 bridgehead atoms. The molecule has 1 aliphatic heterocycles. The van der Waals surface area contributed by atoms with Crippen molar-refractivity contribution in [3.63, 3.8) is 0 Å². The Morgan fingerprint density at radius 2 is 2.50 bits per heavy atom. The lowest BCUT2D eigenvalue weighted by Gasteiger charge is -2.14. The molecule has 1 unspecified atom stereocenters. The third-order valence-electron chi connectivity index (χ3n) is 2.19. The molecular formula is C8H14N2OS. The Kier molecular flexibility index (Phi) is 3.03. The third-order valence-corrected chi connectivity index (χ3v) is 2.40. The van der Waals surface area contributed by atoms with Gasteiger partial charge in [-0.3, -0.25) is 4.79 Å². The smallest absolute Gasteiger partial charge is 0.225 e. The fourth-order valence-electron chi connectivity index (χ4n) is 1.36. The normalized spacial score (nSPS) is 23.2. The molecule has 1 heterocycles. The van der Waals surface area contributed by atoms with Crippen molar-refractivity contribution in [1.29, 1.82) is 0 Å². The number of hydrogen-bond donors (Lipinski definition) is 1. The van der Waals surface area contributed by atoms with Crippen molar-refractivity contribution < 1.29 is 4.79 Å². The molecule has 12 heavy (non-hydrogen) atoms. The first kappa shape index (κ1) is 9.45. The number of likely N-dealkylation sites (tertiary alicyclic amines) is 1. The van der Waals surface area contributed by atoms with Crippen molar-refractivity contribution in [3.05, 3.63) is 0 Å². The van der Waals surface area contributed by atoms with Crippen molar-refractivity contribution in [3.8, 4) is 0 Å². The maximum absolute atomic E-state index is 11.4. The van der Waals surface area contributed by atoms with E-state index in [0.29, 0.717) is 18.0 Å². The summed E-state index contributed by atoms with van der Waals surface area (Å²) in [4.78, 5) is 13.7. The van der Waals surface area contributed by atoms with Gasteiger partial charge < -0.3 is 10.6 Å². The molecule has 0 aliphatic carbocycles. The minimum absolute atomic E-state index is 0.191. The van der Waals surface area contributed by atoms with Gasteiger partial charge in [-0.05, 0) is 6.42 Å². The summed E-state index contributed by atoms with van der Waals surface area (Å²) in [6, 6.07) is 0. The van der Waals surface area contributed by atoms with E-state index in [1.807, 2.05) is 11.8 Å². The molecule has 0 aromatic rings. The van der Waals surface area contributed by atoms with Gasteiger partial charge in [0.2, 0.25) is 5.91 Å². The Balaban J connectivity index is 2.34. The fraction of sp³-hybridized carbons (Fsp3) is 0.750. The average Bonchev–Trinajstić information content (AvgIpc) is 2.30. The molecular weight excluding hydrogens is 172 g/mol. The van der Waals surface area contributed by atoms with Crippen LogP contribution in [0.3, 0.4) is 0 Å². The maximum Gasteiger partial charge on any atom is 0.225 e. The predicted molar refractivity (Wildman–Crippen MR) is 51.8 cm³/mol. The van der Waals surface area contributed by atoms with E-state index in [0.717, 1.165) is 13.0 Å². The number of nitrogens with two attached hydrogens (primary N) is 1. The van der Waals surface area contributed by atoms with E-state index >= 15 is 0 Å². The highest BCUT2D eigenvalue weighted by Gasteiger charge is 2.27. The molecule has 3 nitrogen and oxygen atoms in total. The van der Waals surface area contributed by atoms with Gasteiger partial charge >= 0.3 is 0 Å². The number of carbonyl (C=O) groups excluding carboxylic acids is 1. The number of nitrogens with zero attached hydrogens (tertiary/aromatic N) is 1. The molecule has 0 spiro atoms. The summed E-state index contributed by atoms with van der Waals surface area (Å²) >= 11 is 4.74. The largest absolute Gasteiger partial charge is 0.393 e. The molecule has 1 atom stereocenters. The van der Waals surface area contributed by atoms with Gasteiger partial charge in [-0.25, -0.2) is 0 Å². The Labute approximate surface area is 77.9 Å². The highest BCUT2D eigenvalue weighted by atomic mass is 32.1. The summed E-state index contributed by atoms with van der Waals surface area (Å²) < 4.78 is 0. The SMILES string of the molecule is CC1CCN(CCC(N)=S)C1=O. The van der Waals surface area contributed by atoms with Crippen LogP contribution in [-0.2, 0) is 4.79 Å². The molecule has 1 amide bonds. The average molecular weight is 186 g/mol. The van der Waals surface area contributed by atoms with Crippen LogP contribution in [-0.4, -0.2) is 28.9 Å². The van der Waals surface area contributed by atoms with Gasteiger partial charge in [0.15, 0.2) is 0 Å². The van der Waals surface area contributed by atoms with Gasteiger partial charge in [0.25, 0.3) is 0 Å². The van der Waals surface area contributed by atoms with E-state index in [1.165, 1.54) is 0 Å². The van der Waals surface area contributed by atoms with Crippen molar-refractivity contribution in [2.24, 2.45) is 11.7 Å². The molecule has 0 aromatic heterocycles. The van der Waals surface area contributed by atoms with Crippen LogP contribution in [0.15, 0.2) is 0 Å². The first-order valence-corrected chi connectivity index (χ1v) is 4.59. The molecule has 4 heteroatoms. The van der Waals surface area contributed by atoms with Gasteiger partial charge in [-0.15, -0.1) is 0 Å². The van der Waals surface area contributed by atoms with Crippen molar-refractivity contribution in [1.82, 2.24) is 4.90 Å². The van der Waals surface area contributed by atoms with Gasteiger partial charge in [0.05, 0.1) is 4.99 Å². The zero-order valence-corrected chi connectivity index (χ0v) is 8.06. The van der Waals surface area contributed by atoms with Crippen LogP contribution < -0.4 is 5.73 Å². The molecule has 1 saturated heterocycles. The van der Waals surface area contributed by atoms with Crippen molar-refractivity contribution in [2.45, 2.75) is 19.8 Å². The van der Waals surface area contributed by atoms with Crippen LogP contribution in [0.25, 0.3) is 0 Å². The van der Waals surface area contributed by atoms with E-state index in [9.17, 15) is 4.79 Å². The van der Waals surface area contributed by atoms with Gasteiger partial charge in [-0.2, -0.15) is 0 Å². The zero-order valence-electron chi connectivity index (χ0n) is 7.25. The number of rotatable bonds is 3. The van der Waals surface area contributed by atoms with Crippen LogP contribution in [0.1, 0.15) is 19.8 Å². The number of thiocarbonyl (C=S) groups is 1. The molecule has 1 rings (SSSR count). The molecule has 0 aromatic carbocycles. The first-order chi connectivity index (χ1) is 5.61. The molecule has 0 saturated carbocycles. The predicted octanol–water partition coefficient (Wildman–Crippen LogP) is 0.531. The van der Waals surface area contributed by atoms with Crippen LogP contribution >= 0.6 is 12.2 Å². The van der Waals surface area contributed by atoms with E-state index in [-0.39, 0.29) is 11.8 Å². The van der Waals surface area contributed by atoms with Crippen LogP contribution in [0.5, 0.6) is 0 Å². The van der Waals surface area contributed by atoms with E-state index in [4.69, 9.17) is 18.0 Å². The van der Waals surface area contributed by atoms with Crippen molar-refractivity contribution >= 4 is 23.1 Å². The Hall–Kier alpha value is -0.640. The van der Waals surface area contributed by atoms with Crippen LogP contribution in [0.4, 0.5) is 0 Å². The highest BCUT2D eigenvalue weighted by molar-refractivity contribution is 7.80. The lowest BCUT2D eigenvalue weighted by Crippen LogP contribution is -2.30. The van der Waals surface area contributed by atoms with Crippen LogP contribution in [0.2, 0.25) is 0 Å². The summed E-state index contributed by atoms with van der Waals surface area (Å²) in [6.45, 7) is 3.52. The Bertz CT molecular complexity index is 205. The standard InChI is InChI=1S/C8H14N2OS/c1-6-2-4-10(8(6)11)5-3-7(9)12/h6H,2-5H2,1H3,(H2,9,12). The fourth-order valence-corrected chi connectivity index (χ4v) is 1.45.